The standard InChI is InChI=1S/C4H2Cl6O/c5-2(11)3(6,7)1-4(8,9)10/h1H2. The molecule has 0 atom stereocenters. The van der Waals surface area contributed by atoms with Crippen LogP contribution in [0.1, 0.15) is 6.42 Å². The van der Waals surface area contributed by atoms with Gasteiger partial charge in [-0.15, -0.1) is 0 Å². The molecule has 11 heavy (non-hydrogen) atoms. The Balaban J connectivity index is 4.25. The topological polar surface area (TPSA) is 17.1 Å². The Kier molecular flexibility index (Phi) is 4.60. The van der Waals surface area contributed by atoms with Crippen LogP contribution in [0.5, 0.6) is 0 Å². The van der Waals surface area contributed by atoms with E-state index in [0.29, 0.717) is 0 Å². The molecule has 0 aliphatic rings. The highest BCUT2D eigenvalue weighted by molar-refractivity contribution is 6.79. The van der Waals surface area contributed by atoms with Gasteiger partial charge in [-0.05, 0) is 11.6 Å². The first kappa shape index (κ1) is 12.4. The molecule has 0 amide bonds. The molecule has 0 bridgehead atoms. The maximum Gasteiger partial charge on any atom is 0.257 e. The fourth-order valence-electron chi connectivity index (χ4n) is 0.321. The van der Waals surface area contributed by atoms with E-state index in [4.69, 9.17) is 69.6 Å². The Morgan fingerprint density at radius 3 is 1.55 bits per heavy atom. The molecule has 0 fully saturated rings. The van der Waals surface area contributed by atoms with Crippen LogP contribution in [0.25, 0.3) is 0 Å². The van der Waals surface area contributed by atoms with E-state index in [-0.39, 0.29) is 6.42 Å². The van der Waals surface area contributed by atoms with E-state index in [1.807, 2.05) is 0 Å². The Labute approximate surface area is 93.8 Å². The maximum absolute atomic E-state index is 10.5. The van der Waals surface area contributed by atoms with Crippen molar-refractivity contribution >= 4 is 74.8 Å². The van der Waals surface area contributed by atoms with Gasteiger partial charge in [-0.2, -0.15) is 0 Å². The lowest BCUT2D eigenvalue weighted by molar-refractivity contribution is -0.112. The van der Waals surface area contributed by atoms with Gasteiger partial charge >= 0.3 is 0 Å². The normalized spacial score (nSPS) is 13.3. The molecule has 0 aromatic rings. The molecule has 0 aromatic carbocycles. The van der Waals surface area contributed by atoms with E-state index in [0.717, 1.165) is 0 Å². The van der Waals surface area contributed by atoms with Crippen molar-refractivity contribution in [1.29, 1.82) is 0 Å². The molecule has 0 heterocycles. The van der Waals surface area contributed by atoms with Crippen molar-refractivity contribution in [1.82, 2.24) is 0 Å². The monoisotopic (exact) mass is 276 g/mol. The van der Waals surface area contributed by atoms with Crippen molar-refractivity contribution in [2.45, 2.75) is 14.5 Å². The lowest BCUT2D eigenvalue weighted by atomic mass is 10.3. The Morgan fingerprint density at radius 2 is 1.45 bits per heavy atom. The second-order valence-electron chi connectivity index (χ2n) is 1.77. The van der Waals surface area contributed by atoms with Gasteiger partial charge in [0.1, 0.15) is 0 Å². The first-order valence-corrected chi connectivity index (χ1v) is 4.56. The molecule has 1 nitrogen and oxygen atoms in total. The van der Waals surface area contributed by atoms with E-state index >= 15 is 0 Å². The van der Waals surface area contributed by atoms with Crippen LogP contribution < -0.4 is 0 Å². The van der Waals surface area contributed by atoms with Crippen LogP contribution >= 0.6 is 69.6 Å². The fourth-order valence-corrected chi connectivity index (χ4v) is 1.80. The van der Waals surface area contributed by atoms with Crippen LogP contribution in [0.15, 0.2) is 0 Å². The quantitative estimate of drug-likeness (QED) is 0.556. The van der Waals surface area contributed by atoms with E-state index in [9.17, 15) is 4.79 Å². The second-order valence-corrected chi connectivity index (χ2v) is 6.11. The summed E-state index contributed by atoms with van der Waals surface area (Å²) in [5.41, 5.74) is 0. The molecular formula is C4H2Cl6O. The Bertz CT molecular complexity index is 158. The molecule has 0 N–H and O–H groups in total. The number of carbonyl (C=O) groups is 1. The molecule has 66 valence electrons. The lowest BCUT2D eigenvalue weighted by Crippen LogP contribution is -2.27. The predicted molar refractivity (Wildman–Crippen MR) is 50.2 cm³/mol. The molecule has 0 aliphatic heterocycles. The zero-order chi connectivity index (χ0) is 9.28. The summed E-state index contributed by atoms with van der Waals surface area (Å²) in [5.74, 6) is 0. The highest BCUT2D eigenvalue weighted by Crippen LogP contribution is 2.41. The van der Waals surface area contributed by atoms with Crippen LogP contribution in [0, 0.1) is 0 Å². The van der Waals surface area contributed by atoms with E-state index < -0.39 is 13.4 Å². The van der Waals surface area contributed by atoms with Crippen molar-refractivity contribution in [2.75, 3.05) is 0 Å². The molecule has 0 rings (SSSR count). The van der Waals surface area contributed by atoms with Gasteiger partial charge in [0, 0.05) is 6.42 Å². The minimum atomic E-state index is -1.84. The molecule has 0 unspecified atom stereocenters. The lowest BCUT2D eigenvalue weighted by Gasteiger charge is -2.19. The van der Waals surface area contributed by atoms with Crippen LogP contribution in [0.3, 0.4) is 0 Å². The van der Waals surface area contributed by atoms with Crippen LogP contribution in [0.4, 0.5) is 0 Å². The highest BCUT2D eigenvalue weighted by Gasteiger charge is 2.40. The van der Waals surface area contributed by atoms with Gasteiger partial charge < -0.3 is 0 Å². The summed E-state index contributed by atoms with van der Waals surface area (Å²) in [5, 5.41) is -0.966. The number of rotatable bonds is 2. The predicted octanol–water partition coefficient (Wildman–Crippen LogP) is 3.69. The number of carbonyl (C=O) groups excluding carboxylic acids is 1. The summed E-state index contributed by atoms with van der Waals surface area (Å²) in [4.78, 5) is 10.5. The summed E-state index contributed by atoms with van der Waals surface area (Å²) in [7, 11) is 0. The molecule has 0 saturated carbocycles. The van der Waals surface area contributed by atoms with E-state index in [1.165, 1.54) is 0 Å². The van der Waals surface area contributed by atoms with Gasteiger partial charge in [0.15, 0.2) is 8.13 Å². The molecule has 0 aliphatic carbocycles. The van der Waals surface area contributed by atoms with Crippen LogP contribution in [-0.4, -0.2) is 13.4 Å². The van der Waals surface area contributed by atoms with Crippen molar-refractivity contribution in [3.63, 3.8) is 0 Å². The van der Waals surface area contributed by atoms with Gasteiger partial charge in [0.25, 0.3) is 5.24 Å². The molecular weight excluding hydrogens is 277 g/mol. The average molecular weight is 279 g/mol. The second kappa shape index (κ2) is 4.08. The number of halogens is 6. The van der Waals surface area contributed by atoms with Crippen LogP contribution in [-0.2, 0) is 4.79 Å². The number of hydrogen-bond donors (Lipinski definition) is 0. The minimum absolute atomic E-state index is 0.351. The average Bonchev–Trinajstić information content (AvgIpc) is 1.56. The smallest absolute Gasteiger partial charge is 0.257 e. The summed E-state index contributed by atoms with van der Waals surface area (Å²) >= 11 is 31.7. The molecule has 0 spiro atoms. The van der Waals surface area contributed by atoms with Gasteiger partial charge in [-0.3, -0.25) is 4.79 Å². The summed E-state index contributed by atoms with van der Waals surface area (Å²) in [6.07, 6.45) is -0.351. The van der Waals surface area contributed by atoms with Gasteiger partial charge in [0.05, 0.1) is 0 Å². The molecule has 7 heteroatoms. The zero-order valence-electron chi connectivity index (χ0n) is 4.88. The summed E-state index contributed by atoms with van der Waals surface area (Å²) in [6, 6.07) is 0. The maximum atomic E-state index is 10.5. The van der Waals surface area contributed by atoms with Crippen molar-refractivity contribution < 1.29 is 4.79 Å². The van der Waals surface area contributed by atoms with Gasteiger partial charge in [-0.25, -0.2) is 0 Å². The third-order valence-corrected chi connectivity index (χ3v) is 2.24. The molecule has 0 aromatic heterocycles. The first-order valence-electron chi connectivity index (χ1n) is 2.30. The van der Waals surface area contributed by atoms with Crippen molar-refractivity contribution in [3.05, 3.63) is 0 Å². The number of alkyl halides is 5. The van der Waals surface area contributed by atoms with Gasteiger partial charge in [0.2, 0.25) is 0 Å². The highest BCUT2D eigenvalue weighted by atomic mass is 35.6. The third kappa shape index (κ3) is 5.62. The third-order valence-electron chi connectivity index (χ3n) is 0.710. The molecule has 0 radical (unpaired) electrons. The number of hydrogen-bond acceptors (Lipinski definition) is 1. The minimum Gasteiger partial charge on any atom is -0.278 e. The van der Waals surface area contributed by atoms with Gasteiger partial charge in [-0.1, -0.05) is 58.0 Å². The summed E-state index contributed by atoms with van der Waals surface area (Å²) < 4.78 is -3.53. The Morgan fingerprint density at radius 1 is 1.09 bits per heavy atom. The summed E-state index contributed by atoms with van der Waals surface area (Å²) in [6.45, 7) is 0. The largest absolute Gasteiger partial charge is 0.278 e. The zero-order valence-corrected chi connectivity index (χ0v) is 9.42. The van der Waals surface area contributed by atoms with E-state index in [2.05, 4.69) is 0 Å². The first-order chi connectivity index (χ1) is 4.65. The SMILES string of the molecule is O=C(Cl)C(Cl)(Cl)CC(Cl)(Cl)Cl. The van der Waals surface area contributed by atoms with Crippen molar-refractivity contribution in [2.24, 2.45) is 0 Å². The van der Waals surface area contributed by atoms with E-state index in [1.54, 1.807) is 0 Å². The Hall–Kier alpha value is 1.41. The van der Waals surface area contributed by atoms with Crippen molar-refractivity contribution in [3.8, 4) is 0 Å². The fraction of sp³-hybridized carbons (Fsp3) is 0.750. The molecule has 0 saturated heterocycles. The van der Waals surface area contributed by atoms with Crippen LogP contribution in [0.2, 0.25) is 0 Å².